The highest BCUT2D eigenvalue weighted by Gasteiger charge is 2.56. The monoisotopic (exact) mass is 467 g/mol. The van der Waals surface area contributed by atoms with Crippen molar-refractivity contribution in [1.82, 2.24) is 4.98 Å². The van der Waals surface area contributed by atoms with Crippen LogP contribution < -0.4 is 4.74 Å². The number of rotatable bonds is 7. The number of halogens is 4. The van der Waals surface area contributed by atoms with Crippen LogP contribution in [0.1, 0.15) is 41.9 Å². The van der Waals surface area contributed by atoms with Gasteiger partial charge in [-0.05, 0) is 48.2 Å². The summed E-state index contributed by atoms with van der Waals surface area (Å²) in [4.78, 5) is 14.9. The minimum absolute atomic E-state index is 0.0863. The van der Waals surface area contributed by atoms with Gasteiger partial charge in [0.05, 0.1) is 19.8 Å². The first kappa shape index (κ1) is 24.6. The van der Waals surface area contributed by atoms with Crippen molar-refractivity contribution in [1.29, 1.82) is 0 Å². The SMILES string of the molecule is COC(=O)c1cccc2[nH]c(CC(O)(CC(C)(C)c3cc(F)ccc3OC)C(F)(F)F)cc12. The molecule has 0 amide bonds. The first-order valence-corrected chi connectivity index (χ1v) is 10.1. The number of aromatic nitrogens is 1. The lowest BCUT2D eigenvalue weighted by molar-refractivity contribution is -0.266. The molecule has 5 nitrogen and oxygen atoms in total. The van der Waals surface area contributed by atoms with E-state index in [9.17, 15) is 27.5 Å². The fourth-order valence-electron chi connectivity index (χ4n) is 4.21. The number of hydrogen-bond donors (Lipinski definition) is 2. The van der Waals surface area contributed by atoms with E-state index in [0.29, 0.717) is 10.9 Å². The van der Waals surface area contributed by atoms with E-state index in [1.807, 2.05) is 0 Å². The van der Waals surface area contributed by atoms with Crippen molar-refractivity contribution in [2.75, 3.05) is 14.2 Å². The maximum Gasteiger partial charge on any atom is 0.417 e. The van der Waals surface area contributed by atoms with Crippen molar-refractivity contribution in [2.24, 2.45) is 0 Å². The topological polar surface area (TPSA) is 71.6 Å². The maximum absolute atomic E-state index is 14.2. The second kappa shape index (κ2) is 8.70. The van der Waals surface area contributed by atoms with Crippen LogP contribution in [-0.2, 0) is 16.6 Å². The van der Waals surface area contributed by atoms with E-state index in [0.717, 1.165) is 12.1 Å². The predicted octanol–water partition coefficient (Wildman–Crippen LogP) is 5.31. The molecule has 3 rings (SSSR count). The van der Waals surface area contributed by atoms with E-state index in [1.54, 1.807) is 12.1 Å². The minimum Gasteiger partial charge on any atom is -0.496 e. The Morgan fingerprint density at radius 3 is 2.39 bits per heavy atom. The summed E-state index contributed by atoms with van der Waals surface area (Å²) in [5.74, 6) is -1.03. The molecule has 2 aromatic carbocycles. The summed E-state index contributed by atoms with van der Waals surface area (Å²) in [6.45, 7) is 2.98. The molecule has 1 atom stereocenters. The molecule has 0 fully saturated rings. The maximum atomic E-state index is 14.2. The molecule has 178 valence electrons. The molecule has 0 aliphatic rings. The molecule has 1 unspecified atom stereocenters. The van der Waals surface area contributed by atoms with Crippen LogP contribution in [0.5, 0.6) is 5.75 Å². The Balaban J connectivity index is 2.03. The van der Waals surface area contributed by atoms with Crippen molar-refractivity contribution in [3.8, 4) is 5.75 Å². The number of aliphatic hydroxyl groups is 1. The largest absolute Gasteiger partial charge is 0.496 e. The summed E-state index contributed by atoms with van der Waals surface area (Å²) in [6.07, 6.45) is -6.55. The molecule has 0 saturated heterocycles. The zero-order valence-electron chi connectivity index (χ0n) is 18.6. The molecule has 2 N–H and O–H groups in total. The molecular formula is C24H25F4NO4. The number of aromatic amines is 1. The molecule has 9 heteroatoms. The fourth-order valence-corrected chi connectivity index (χ4v) is 4.21. The first-order chi connectivity index (χ1) is 15.3. The lowest BCUT2D eigenvalue weighted by atomic mass is 9.73. The van der Waals surface area contributed by atoms with E-state index >= 15 is 0 Å². The van der Waals surface area contributed by atoms with Crippen LogP contribution in [0.2, 0.25) is 0 Å². The van der Waals surface area contributed by atoms with E-state index < -0.39 is 41.8 Å². The summed E-state index contributed by atoms with van der Waals surface area (Å²) in [5.41, 5.74) is -3.54. The Hall–Kier alpha value is -3.07. The number of H-pyrrole nitrogens is 1. The summed E-state index contributed by atoms with van der Waals surface area (Å²) in [6, 6.07) is 9.68. The quantitative estimate of drug-likeness (QED) is 0.365. The van der Waals surface area contributed by atoms with E-state index in [-0.39, 0.29) is 22.6 Å². The zero-order chi connectivity index (χ0) is 24.6. The minimum atomic E-state index is -4.99. The summed E-state index contributed by atoms with van der Waals surface area (Å²) >= 11 is 0. The normalized spacial score (nSPS) is 14.2. The number of carbonyl (C=O) groups is 1. The molecule has 3 aromatic rings. The molecule has 1 aromatic heterocycles. The van der Waals surface area contributed by atoms with Crippen molar-refractivity contribution in [3.63, 3.8) is 0 Å². The van der Waals surface area contributed by atoms with Gasteiger partial charge in [-0.1, -0.05) is 19.9 Å². The third-order valence-corrected chi connectivity index (χ3v) is 5.76. The van der Waals surface area contributed by atoms with Crippen LogP contribution in [0.4, 0.5) is 17.6 Å². The Kier molecular flexibility index (Phi) is 6.48. The molecule has 1 heterocycles. The summed E-state index contributed by atoms with van der Waals surface area (Å²) in [5, 5.41) is 11.3. The van der Waals surface area contributed by atoms with Crippen molar-refractivity contribution in [2.45, 2.75) is 43.9 Å². The average molecular weight is 467 g/mol. The molecule has 0 spiro atoms. The highest BCUT2D eigenvalue weighted by molar-refractivity contribution is 6.03. The van der Waals surface area contributed by atoms with Gasteiger partial charge in [0.2, 0.25) is 0 Å². The molecule has 0 saturated carbocycles. The van der Waals surface area contributed by atoms with Crippen molar-refractivity contribution >= 4 is 16.9 Å². The number of esters is 1. The fraction of sp³-hybridized carbons (Fsp3) is 0.375. The first-order valence-electron chi connectivity index (χ1n) is 10.1. The van der Waals surface area contributed by atoms with Gasteiger partial charge in [-0.15, -0.1) is 0 Å². The van der Waals surface area contributed by atoms with Gasteiger partial charge in [0.1, 0.15) is 11.6 Å². The Morgan fingerprint density at radius 1 is 1.09 bits per heavy atom. The van der Waals surface area contributed by atoms with Gasteiger partial charge >= 0.3 is 12.1 Å². The summed E-state index contributed by atoms with van der Waals surface area (Å²) in [7, 11) is 2.55. The number of nitrogens with one attached hydrogen (secondary N) is 1. The second-order valence-corrected chi connectivity index (χ2v) is 8.66. The third-order valence-electron chi connectivity index (χ3n) is 5.76. The van der Waals surface area contributed by atoms with Gasteiger partial charge in [-0.25, -0.2) is 9.18 Å². The number of hydrogen-bond acceptors (Lipinski definition) is 4. The van der Waals surface area contributed by atoms with Gasteiger partial charge in [0.15, 0.2) is 5.60 Å². The third kappa shape index (κ3) is 4.83. The smallest absolute Gasteiger partial charge is 0.417 e. The Morgan fingerprint density at radius 2 is 1.79 bits per heavy atom. The molecule has 0 aliphatic carbocycles. The van der Waals surface area contributed by atoms with Gasteiger partial charge < -0.3 is 19.6 Å². The van der Waals surface area contributed by atoms with Gasteiger partial charge in [-0.2, -0.15) is 13.2 Å². The molecule has 0 bridgehead atoms. The second-order valence-electron chi connectivity index (χ2n) is 8.66. The number of alkyl halides is 3. The van der Waals surface area contributed by atoms with Gasteiger partial charge in [0, 0.05) is 28.6 Å². The van der Waals surface area contributed by atoms with Crippen LogP contribution in [0.3, 0.4) is 0 Å². The number of ether oxygens (including phenoxy) is 2. The predicted molar refractivity (Wildman–Crippen MR) is 115 cm³/mol. The van der Waals surface area contributed by atoms with Gasteiger partial charge in [-0.3, -0.25) is 0 Å². The van der Waals surface area contributed by atoms with Crippen LogP contribution >= 0.6 is 0 Å². The highest BCUT2D eigenvalue weighted by atomic mass is 19.4. The van der Waals surface area contributed by atoms with Crippen molar-refractivity contribution in [3.05, 3.63) is 65.1 Å². The highest BCUT2D eigenvalue weighted by Crippen LogP contribution is 2.45. The lowest BCUT2D eigenvalue weighted by Gasteiger charge is -2.38. The number of fused-ring (bicyclic) bond motifs is 1. The number of carbonyl (C=O) groups excluding carboxylic acids is 1. The lowest BCUT2D eigenvalue weighted by Crippen LogP contribution is -2.51. The number of benzene rings is 2. The molecule has 0 radical (unpaired) electrons. The Labute approximate surface area is 188 Å². The van der Waals surface area contributed by atoms with Crippen LogP contribution in [0.15, 0.2) is 42.5 Å². The van der Waals surface area contributed by atoms with Crippen molar-refractivity contribution < 1.29 is 36.9 Å². The molecule has 33 heavy (non-hydrogen) atoms. The Bertz CT molecular complexity index is 1170. The van der Waals surface area contributed by atoms with Crippen LogP contribution in [0.25, 0.3) is 10.9 Å². The number of methoxy groups -OCH3 is 2. The summed E-state index contributed by atoms with van der Waals surface area (Å²) < 4.78 is 66.4. The standard InChI is InChI=1S/C24H25F4NO4/c1-22(2,18-10-14(25)8-9-20(18)32-3)13-23(31,24(26,27)28)12-15-11-17-16(21(30)33-4)6-5-7-19(17)29-15/h5-11,29,31H,12-13H2,1-4H3. The molecule has 0 aliphatic heterocycles. The molecular weight excluding hydrogens is 442 g/mol. The van der Waals surface area contributed by atoms with E-state index in [4.69, 9.17) is 9.47 Å². The van der Waals surface area contributed by atoms with E-state index in [2.05, 4.69) is 4.98 Å². The van der Waals surface area contributed by atoms with E-state index in [1.165, 1.54) is 46.3 Å². The van der Waals surface area contributed by atoms with Gasteiger partial charge in [0.25, 0.3) is 0 Å². The van der Waals surface area contributed by atoms with Crippen LogP contribution in [0, 0.1) is 5.82 Å². The zero-order valence-corrected chi connectivity index (χ0v) is 18.6. The van der Waals surface area contributed by atoms with Crippen LogP contribution in [-0.4, -0.2) is 42.1 Å². The average Bonchev–Trinajstić information content (AvgIpc) is 3.13.